The monoisotopic (exact) mass is 229 g/mol. The molecule has 4 heteroatoms. The summed E-state index contributed by atoms with van der Waals surface area (Å²) in [6.07, 6.45) is 1.33. The van der Waals surface area contributed by atoms with Gasteiger partial charge in [-0.2, -0.15) is 0 Å². The molecule has 1 aliphatic heterocycles. The van der Waals surface area contributed by atoms with Gasteiger partial charge in [0, 0.05) is 18.0 Å². The van der Waals surface area contributed by atoms with Crippen LogP contribution in [0.15, 0.2) is 17.5 Å². The van der Waals surface area contributed by atoms with E-state index in [1.807, 2.05) is 11.4 Å². The van der Waals surface area contributed by atoms with Crippen LogP contribution in [0.2, 0.25) is 0 Å². The fraction of sp³-hybridized carbons (Fsp3) is 0.636. The number of likely N-dealkylation sites (tertiary alicyclic amines) is 1. The number of thiophene rings is 1. The van der Waals surface area contributed by atoms with E-state index in [2.05, 4.69) is 11.0 Å². The first-order chi connectivity index (χ1) is 7.22. The summed E-state index contributed by atoms with van der Waals surface area (Å²) in [6, 6.07) is 4.08. The first-order valence-corrected chi connectivity index (χ1v) is 6.14. The zero-order valence-electron chi connectivity index (χ0n) is 8.66. The van der Waals surface area contributed by atoms with Crippen LogP contribution in [0.4, 0.5) is 4.39 Å². The second-order valence-electron chi connectivity index (χ2n) is 4.20. The topological polar surface area (TPSA) is 23.5 Å². The number of aliphatic hydroxyl groups is 1. The van der Waals surface area contributed by atoms with Crippen LogP contribution in [0.5, 0.6) is 0 Å². The molecular formula is C11H16FNOS. The van der Waals surface area contributed by atoms with E-state index in [1.54, 1.807) is 11.3 Å². The van der Waals surface area contributed by atoms with E-state index in [-0.39, 0.29) is 6.61 Å². The lowest BCUT2D eigenvalue weighted by Gasteiger charge is -2.35. The maximum absolute atomic E-state index is 13.9. The zero-order chi connectivity index (χ0) is 10.7. The number of piperidine rings is 1. The van der Waals surface area contributed by atoms with Crippen molar-refractivity contribution in [1.82, 2.24) is 4.90 Å². The normalized spacial score (nSPS) is 28.1. The summed E-state index contributed by atoms with van der Waals surface area (Å²) < 4.78 is 13.9. The molecular weight excluding hydrogens is 213 g/mol. The number of rotatable bonds is 3. The molecule has 0 amide bonds. The minimum atomic E-state index is -1.38. The van der Waals surface area contributed by atoms with Crippen LogP contribution in [-0.2, 0) is 6.54 Å². The molecule has 0 aromatic carbocycles. The van der Waals surface area contributed by atoms with Crippen molar-refractivity contribution in [3.8, 4) is 0 Å². The highest BCUT2D eigenvalue weighted by atomic mass is 32.1. The van der Waals surface area contributed by atoms with Gasteiger partial charge < -0.3 is 5.11 Å². The van der Waals surface area contributed by atoms with Crippen molar-refractivity contribution in [2.45, 2.75) is 25.1 Å². The molecule has 0 spiro atoms. The second kappa shape index (κ2) is 4.60. The summed E-state index contributed by atoms with van der Waals surface area (Å²) in [6.45, 7) is 1.75. The van der Waals surface area contributed by atoms with Gasteiger partial charge in [0.1, 0.15) is 5.67 Å². The van der Waals surface area contributed by atoms with Crippen LogP contribution < -0.4 is 0 Å². The fourth-order valence-corrected chi connectivity index (χ4v) is 2.81. The minimum Gasteiger partial charge on any atom is -0.393 e. The van der Waals surface area contributed by atoms with Gasteiger partial charge in [-0.05, 0) is 30.8 Å². The van der Waals surface area contributed by atoms with Crippen molar-refractivity contribution < 1.29 is 9.50 Å². The lowest BCUT2D eigenvalue weighted by atomic mass is 9.96. The van der Waals surface area contributed by atoms with E-state index in [9.17, 15) is 4.39 Å². The highest BCUT2D eigenvalue weighted by molar-refractivity contribution is 7.09. The first-order valence-electron chi connectivity index (χ1n) is 5.26. The van der Waals surface area contributed by atoms with Crippen LogP contribution >= 0.6 is 11.3 Å². The number of alkyl halides is 1. The summed E-state index contributed by atoms with van der Waals surface area (Å²) in [5, 5.41) is 11.0. The van der Waals surface area contributed by atoms with Gasteiger partial charge in [-0.25, -0.2) is 4.39 Å². The van der Waals surface area contributed by atoms with Gasteiger partial charge in [0.15, 0.2) is 0 Å². The van der Waals surface area contributed by atoms with E-state index >= 15 is 0 Å². The van der Waals surface area contributed by atoms with E-state index in [1.165, 1.54) is 4.88 Å². The van der Waals surface area contributed by atoms with Crippen LogP contribution in [0.1, 0.15) is 17.7 Å². The maximum atomic E-state index is 13.9. The first kappa shape index (κ1) is 11.0. The van der Waals surface area contributed by atoms with E-state index < -0.39 is 5.67 Å². The predicted octanol–water partition coefficient (Wildman–Crippen LogP) is 2.04. The molecule has 1 aromatic rings. The molecule has 1 aliphatic rings. The van der Waals surface area contributed by atoms with Crippen molar-refractivity contribution >= 4 is 11.3 Å². The molecule has 0 bridgehead atoms. The summed E-state index contributed by atoms with van der Waals surface area (Å²) >= 11 is 1.70. The fourth-order valence-electron chi connectivity index (χ4n) is 2.07. The van der Waals surface area contributed by atoms with Gasteiger partial charge in [0.05, 0.1) is 6.61 Å². The van der Waals surface area contributed by atoms with E-state index in [4.69, 9.17) is 5.11 Å². The minimum absolute atomic E-state index is 0.353. The number of hydrogen-bond donors (Lipinski definition) is 1. The van der Waals surface area contributed by atoms with Gasteiger partial charge in [-0.3, -0.25) is 4.90 Å². The molecule has 84 valence electrons. The van der Waals surface area contributed by atoms with Crippen molar-refractivity contribution in [3.63, 3.8) is 0 Å². The van der Waals surface area contributed by atoms with Gasteiger partial charge in [0.2, 0.25) is 0 Å². The van der Waals surface area contributed by atoms with Crippen LogP contribution in [0.3, 0.4) is 0 Å². The SMILES string of the molecule is OC[C@]1(F)CCCN(Cc2cccs2)C1. The molecule has 0 aliphatic carbocycles. The highest BCUT2D eigenvalue weighted by Gasteiger charge is 2.34. The highest BCUT2D eigenvalue weighted by Crippen LogP contribution is 2.26. The number of nitrogens with zero attached hydrogens (tertiary/aromatic N) is 1. The maximum Gasteiger partial charge on any atom is 0.146 e. The summed E-state index contributed by atoms with van der Waals surface area (Å²) in [7, 11) is 0. The molecule has 1 fully saturated rings. The molecule has 2 heterocycles. The lowest BCUT2D eigenvalue weighted by molar-refractivity contribution is -0.00353. The smallest absolute Gasteiger partial charge is 0.146 e. The Kier molecular flexibility index (Phi) is 3.38. The second-order valence-corrected chi connectivity index (χ2v) is 5.23. The number of hydrogen-bond acceptors (Lipinski definition) is 3. The summed E-state index contributed by atoms with van der Waals surface area (Å²) in [4.78, 5) is 3.35. The molecule has 1 saturated heterocycles. The standard InChI is InChI=1S/C11H16FNOS/c12-11(9-14)4-2-5-13(8-11)7-10-3-1-6-15-10/h1,3,6,14H,2,4-5,7-9H2/t11-/m0/s1. The van der Waals surface area contributed by atoms with Crippen LogP contribution in [0.25, 0.3) is 0 Å². The quantitative estimate of drug-likeness (QED) is 0.857. The molecule has 1 N–H and O–H groups in total. The third kappa shape index (κ3) is 2.77. The molecule has 1 atom stereocenters. The van der Waals surface area contributed by atoms with Gasteiger partial charge in [-0.1, -0.05) is 6.07 Å². The molecule has 15 heavy (non-hydrogen) atoms. The average molecular weight is 229 g/mol. The van der Waals surface area contributed by atoms with Crippen molar-refractivity contribution in [1.29, 1.82) is 0 Å². The molecule has 0 radical (unpaired) electrons. The van der Waals surface area contributed by atoms with Gasteiger partial charge in [-0.15, -0.1) is 11.3 Å². The molecule has 0 unspecified atom stereocenters. The molecule has 2 nitrogen and oxygen atoms in total. The van der Waals surface area contributed by atoms with Crippen molar-refractivity contribution in [3.05, 3.63) is 22.4 Å². The molecule has 1 aromatic heterocycles. The Morgan fingerprint density at radius 1 is 1.60 bits per heavy atom. The third-order valence-electron chi connectivity index (χ3n) is 2.85. The van der Waals surface area contributed by atoms with Crippen molar-refractivity contribution in [2.75, 3.05) is 19.7 Å². The van der Waals surface area contributed by atoms with E-state index in [0.29, 0.717) is 13.0 Å². The Labute approximate surface area is 93.3 Å². The average Bonchev–Trinajstić information content (AvgIpc) is 2.71. The summed E-state index contributed by atoms with van der Waals surface area (Å²) in [5.41, 5.74) is -1.38. The summed E-state index contributed by atoms with van der Waals surface area (Å²) in [5.74, 6) is 0. The Balaban J connectivity index is 1.93. The molecule has 2 rings (SSSR count). The number of halogens is 1. The Bertz CT molecular complexity index is 304. The largest absolute Gasteiger partial charge is 0.393 e. The lowest BCUT2D eigenvalue weighted by Crippen LogP contribution is -2.46. The van der Waals surface area contributed by atoms with Crippen LogP contribution in [-0.4, -0.2) is 35.4 Å². The third-order valence-corrected chi connectivity index (χ3v) is 3.71. The Hall–Kier alpha value is -0.450. The van der Waals surface area contributed by atoms with Crippen LogP contribution in [0, 0.1) is 0 Å². The Morgan fingerprint density at radius 3 is 3.13 bits per heavy atom. The number of aliphatic hydroxyl groups excluding tert-OH is 1. The molecule has 0 saturated carbocycles. The predicted molar refractivity (Wildman–Crippen MR) is 59.8 cm³/mol. The Morgan fingerprint density at radius 2 is 2.47 bits per heavy atom. The van der Waals surface area contributed by atoms with Crippen molar-refractivity contribution in [2.24, 2.45) is 0 Å². The van der Waals surface area contributed by atoms with Gasteiger partial charge >= 0.3 is 0 Å². The van der Waals surface area contributed by atoms with E-state index in [0.717, 1.165) is 19.5 Å². The zero-order valence-corrected chi connectivity index (χ0v) is 9.47. The van der Waals surface area contributed by atoms with Gasteiger partial charge in [0.25, 0.3) is 0 Å².